The van der Waals surface area contributed by atoms with Gasteiger partial charge in [0, 0.05) is 30.6 Å². The first-order chi connectivity index (χ1) is 11.2. The van der Waals surface area contributed by atoms with Crippen molar-refractivity contribution < 1.29 is 18.7 Å². The van der Waals surface area contributed by atoms with Gasteiger partial charge in [0.25, 0.3) is 0 Å². The number of methoxy groups -OCH3 is 1. The van der Waals surface area contributed by atoms with Gasteiger partial charge in [-0.05, 0) is 24.3 Å². The highest BCUT2D eigenvalue weighted by Crippen LogP contribution is 2.29. The topological polar surface area (TPSA) is 38.8 Å². The van der Waals surface area contributed by atoms with Crippen molar-refractivity contribution in [2.45, 2.75) is 6.42 Å². The molecule has 1 amide bonds. The van der Waals surface area contributed by atoms with Gasteiger partial charge in [0.15, 0.2) is 11.6 Å². The van der Waals surface area contributed by atoms with E-state index in [1.165, 1.54) is 19.2 Å². The summed E-state index contributed by atoms with van der Waals surface area (Å²) in [6.45, 7) is 0.988. The van der Waals surface area contributed by atoms with Crippen LogP contribution >= 0.6 is 0 Å². The van der Waals surface area contributed by atoms with Crippen molar-refractivity contribution >= 4 is 11.6 Å². The highest BCUT2D eigenvalue weighted by molar-refractivity contribution is 5.95. The van der Waals surface area contributed by atoms with Crippen molar-refractivity contribution in [1.29, 1.82) is 0 Å². The lowest BCUT2D eigenvalue weighted by Gasteiger charge is -2.17. The molecular weight excluding hydrogens is 297 g/mol. The second-order valence-corrected chi connectivity index (χ2v) is 5.52. The Hall–Kier alpha value is -2.56. The summed E-state index contributed by atoms with van der Waals surface area (Å²) in [6, 6.07) is 14.1. The predicted molar refractivity (Wildman–Crippen MR) is 85.3 cm³/mol. The molecule has 0 spiro atoms. The largest absolute Gasteiger partial charge is 0.494 e. The quantitative estimate of drug-likeness (QED) is 0.850. The number of ether oxygens (including phenoxy) is 2. The zero-order valence-electron chi connectivity index (χ0n) is 12.9. The van der Waals surface area contributed by atoms with Crippen molar-refractivity contribution in [3.8, 4) is 11.5 Å². The Bertz CT molecular complexity index is 690. The molecule has 120 valence electrons. The number of rotatable bonds is 5. The Morgan fingerprint density at radius 3 is 2.70 bits per heavy atom. The van der Waals surface area contributed by atoms with Crippen molar-refractivity contribution in [1.82, 2.24) is 0 Å². The van der Waals surface area contributed by atoms with Crippen LogP contribution in [0.2, 0.25) is 0 Å². The first-order valence-electron chi connectivity index (χ1n) is 7.49. The van der Waals surface area contributed by atoms with Crippen LogP contribution in [0.1, 0.15) is 6.42 Å². The van der Waals surface area contributed by atoms with Gasteiger partial charge in [-0.3, -0.25) is 4.79 Å². The van der Waals surface area contributed by atoms with E-state index in [9.17, 15) is 9.18 Å². The van der Waals surface area contributed by atoms with Crippen molar-refractivity contribution in [2.75, 3.05) is 25.2 Å². The van der Waals surface area contributed by atoms with Crippen LogP contribution in [0.15, 0.2) is 48.5 Å². The number of nitrogens with zero attached hydrogens (tertiary/aromatic N) is 1. The average Bonchev–Trinajstić information content (AvgIpc) is 2.95. The smallest absolute Gasteiger partial charge is 0.227 e. The van der Waals surface area contributed by atoms with E-state index in [0.29, 0.717) is 25.3 Å². The van der Waals surface area contributed by atoms with E-state index in [4.69, 9.17) is 9.47 Å². The maximum absolute atomic E-state index is 13.8. The first kappa shape index (κ1) is 15.3. The van der Waals surface area contributed by atoms with Crippen LogP contribution < -0.4 is 14.4 Å². The maximum atomic E-state index is 13.8. The minimum Gasteiger partial charge on any atom is -0.494 e. The van der Waals surface area contributed by atoms with Crippen LogP contribution in [0.3, 0.4) is 0 Å². The normalized spacial score (nSPS) is 17.4. The number of benzene rings is 2. The van der Waals surface area contributed by atoms with Gasteiger partial charge in [0.05, 0.1) is 13.7 Å². The molecule has 3 rings (SSSR count). The summed E-state index contributed by atoms with van der Waals surface area (Å²) >= 11 is 0. The fourth-order valence-electron chi connectivity index (χ4n) is 2.70. The van der Waals surface area contributed by atoms with E-state index in [1.54, 1.807) is 11.0 Å². The van der Waals surface area contributed by atoms with Gasteiger partial charge < -0.3 is 14.4 Å². The number of hydrogen-bond donors (Lipinski definition) is 0. The molecule has 1 aliphatic rings. The van der Waals surface area contributed by atoms with Gasteiger partial charge in [0.1, 0.15) is 5.75 Å². The summed E-state index contributed by atoms with van der Waals surface area (Å²) in [4.78, 5) is 13.8. The van der Waals surface area contributed by atoms with Crippen molar-refractivity contribution in [2.24, 2.45) is 5.92 Å². The van der Waals surface area contributed by atoms with Crippen molar-refractivity contribution in [3.05, 3.63) is 54.3 Å². The van der Waals surface area contributed by atoms with E-state index in [1.807, 2.05) is 30.3 Å². The van der Waals surface area contributed by atoms with Gasteiger partial charge in [-0.1, -0.05) is 18.2 Å². The maximum Gasteiger partial charge on any atom is 0.227 e. The van der Waals surface area contributed by atoms with E-state index in [-0.39, 0.29) is 17.6 Å². The number of carbonyl (C=O) groups is 1. The molecule has 23 heavy (non-hydrogen) atoms. The summed E-state index contributed by atoms with van der Waals surface area (Å²) in [6.07, 6.45) is 0.403. The molecule has 2 aromatic rings. The third-order valence-corrected chi connectivity index (χ3v) is 3.88. The van der Waals surface area contributed by atoms with Gasteiger partial charge in [-0.15, -0.1) is 0 Å². The average molecular weight is 315 g/mol. The molecule has 0 bridgehead atoms. The van der Waals surface area contributed by atoms with Crippen LogP contribution in [0, 0.1) is 11.7 Å². The number of halogens is 1. The van der Waals surface area contributed by atoms with Gasteiger partial charge in [0.2, 0.25) is 5.91 Å². The summed E-state index contributed by atoms with van der Waals surface area (Å²) in [7, 11) is 1.41. The van der Waals surface area contributed by atoms with Crippen LogP contribution in [0.4, 0.5) is 10.1 Å². The van der Waals surface area contributed by atoms with Gasteiger partial charge in [-0.25, -0.2) is 4.39 Å². The van der Waals surface area contributed by atoms with E-state index in [2.05, 4.69) is 0 Å². The lowest BCUT2D eigenvalue weighted by Crippen LogP contribution is -2.25. The standard InChI is InChI=1S/C18H18FNO3/c1-22-17-8-7-14(10-16(17)19)20-11-13(9-18(20)21)12-23-15-5-3-2-4-6-15/h2-8,10,13H,9,11-12H2,1H3. The SMILES string of the molecule is COc1ccc(N2CC(COc3ccccc3)CC2=O)cc1F. The number of anilines is 1. The minimum absolute atomic E-state index is 0.0174. The molecule has 5 heteroatoms. The minimum atomic E-state index is -0.471. The molecule has 1 aliphatic heterocycles. The lowest BCUT2D eigenvalue weighted by atomic mass is 10.1. The third kappa shape index (κ3) is 3.44. The summed E-state index contributed by atoms with van der Waals surface area (Å²) in [5, 5.41) is 0. The molecule has 0 N–H and O–H groups in total. The predicted octanol–water partition coefficient (Wildman–Crippen LogP) is 3.27. The highest BCUT2D eigenvalue weighted by atomic mass is 19.1. The lowest BCUT2D eigenvalue weighted by molar-refractivity contribution is -0.117. The molecule has 1 heterocycles. The first-order valence-corrected chi connectivity index (χ1v) is 7.49. The molecule has 1 fully saturated rings. The van der Waals surface area contributed by atoms with Gasteiger partial charge >= 0.3 is 0 Å². The van der Waals surface area contributed by atoms with Crippen LogP contribution in [0.25, 0.3) is 0 Å². The summed E-state index contributed by atoms with van der Waals surface area (Å²) in [5.74, 6) is 0.559. The molecule has 1 atom stereocenters. The van der Waals surface area contributed by atoms with E-state index < -0.39 is 5.82 Å². The Morgan fingerprint density at radius 2 is 2.00 bits per heavy atom. The molecule has 0 aliphatic carbocycles. The molecule has 0 aromatic heterocycles. The summed E-state index contributed by atoms with van der Waals surface area (Å²) in [5.41, 5.74) is 0.551. The summed E-state index contributed by atoms with van der Waals surface area (Å²) < 4.78 is 24.4. The van der Waals surface area contributed by atoms with Crippen molar-refractivity contribution in [3.63, 3.8) is 0 Å². The molecule has 0 radical (unpaired) electrons. The third-order valence-electron chi connectivity index (χ3n) is 3.88. The number of amides is 1. The second kappa shape index (κ2) is 6.69. The fraction of sp³-hybridized carbons (Fsp3) is 0.278. The zero-order chi connectivity index (χ0) is 16.2. The molecule has 1 unspecified atom stereocenters. The number of para-hydroxylation sites is 1. The monoisotopic (exact) mass is 315 g/mol. The van der Waals surface area contributed by atoms with Crippen LogP contribution in [-0.2, 0) is 4.79 Å². The molecule has 2 aromatic carbocycles. The molecule has 1 saturated heterocycles. The van der Waals surface area contributed by atoms with E-state index in [0.717, 1.165) is 5.75 Å². The Labute approximate surface area is 134 Å². The van der Waals surface area contributed by atoms with Crippen LogP contribution in [-0.4, -0.2) is 26.2 Å². The fourth-order valence-corrected chi connectivity index (χ4v) is 2.70. The molecule has 4 nitrogen and oxygen atoms in total. The number of hydrogen-bond acceptors (Lipinski definition) is 3. The molecular formula is C18H18FNO3. The molecule has 0 saturated carbocycles. The number of carbonyl (C=O) groups excluding carboxylic acids is 1. The van der Waals surface area contributed by atoms with Gasteiger partial charge in [-0.2, -0.15) is 0 Å². The Morgan fingerprint density at radius 1 is 1.22 bits per heavy atom. The van der Waals surface area contributed by atoms with Crippen LogP contribution in [0.5, 0.6) is 11.5 Å². The Balaban J connectivity index is 1.64. The zero-order valence-corrected chi connectivity index (χ0v) is 12.9. The Kier molecular flexibility index (Phi) is 4.46. The van der Waals surface area contributed by atoms with E-state index >= 15 is 0 Å². The highest BCUT2D eigenvalue weighted by Gasteiger charge is 2.31. The second-order valence-electron chi connectivity index (χ2n) is 5.52.